The monoisotopic (exact) mass is 192 g/mol. The van der Waals surface area contributed by atoms with E-state index in [4.69, 9.17) is 10.5 Å². The molecule has 0 fully saturated rings. The van der Waals surface area contributed by atoms with Gasteiger partial charge in [0.15, 0.2) is 0 Å². The average molecular weight is 192 g/mol. The van der Waals surface area contributed by atoms with Crippen LogP contribution in [0.5, 0.6) is 0 Å². The molecule has 0 spiro atoms. The van der Waals surface area contributed by atoms with Crippen molar-refractivity contribution in [2.24, 2.45) is 5.73 Å². The Kier molecular flexibility index (Phi) is 4.13. The molecule has 0 aliphatic heterocycles. The van der Waals surface area contributed by atoms with Gasteiger partial charge in [0.05, 0.1) is 0 Å². The van der Waals surface area contributed by atoms with Gasteiger partial charge in [0, 0.05) is 0 Å². The van der Waals surface area contributed by atoms with E-state index in [1.165, 1.54) is 0 Å². The lowest BCUT2D eigenvalue weighted by molar-refractivity contribution is -0.145. The van der Waals surface area contributed by atoms with Crippen LogP contribution in [0.4, 0.5) is 0 Å². The Hall–Kier alpha value is -1.35. The van der Waals surface area contributed by atoms with Crippen LogP contribution in [0.2, 0.25) is 0 Å². The molecule has 0 aliphatic rings. The molecule has 3 heteroatoms. The Labute approximate surface area is 83.9 Å². The van der Waals surface area contributed by atoms with Crippen molar-refractivity contribution in [2.45, 2.75) is 19.6 Å². The maximum atomic E-state index is 11.2. The van der Waals surface area contributed by atoms with Gasteiger partial charge in [-0.25, -0.2) is 0 Å². The molecule has 2 N–H and O–H groups in total. The van der Waals surface area contributed by atoms with E-state index in [1.807, 2.05) is 30.3 Å². The normalized spacial score (nSPS) is 12.1. The van der Waals surface area contributed by atoms with Gasteiger partial charge in [0.25, 0.3) is 0 Å². The molecule has 1 radical (unpaired) electrons. The second kappa shape index (κ2) is 5.40. The predicted molar refractivity (Wildman–Crippen MR) is 54.2 cm³/mol. The van der Waals surface area contributed by atoms with Gasteiger partial charge in [-0.15, -0.1) is 0 Å². The van der Waals surface area contributed by atoms with E-state index in [-0.39, 0.29) is 6.61 Å². The molecule has 0 heterocycles. The highest BCUT2D eigenvalue weighted by Gasteiger charge is 2.12. The summed E-state index contributed by atoms with van der Waals surface area (Å²) >= 11 is 0. The van der Waals surface area contributed by atoms with Crippen molar-refractivity contribution in [3.05, 3.63) is 42.3 Å². The zero-order valence-electron chi connectivity index (χ0n) is 8.14. The van der Waals surface area contributed by atoms with Gasteiger partial charge in [-0.2, -0.15) is 0 Å². The first-order chi connectivity index (χ1) is 6.74. The van der Waals surface area contributed by atoms with E-state index in [2.05, 4.69) is 0 Å². The third-order valence-electron chi connectivity index (χ3n) is 1.86. The van der Waals surface area contributed by atoms with E-state index in [1.54, 1.807) is 13.3 Å². The fourth-order valence-electron chi connectivity index (χ4n) is 0.961. The van der Waals surface area contributed by atoms with Gasteiger partial charge in [-0.1, -0.05) is 37.3 Å². The molecule has 0 bridgehead atoms. The molecular formula is C11H14NO2. The number of carbonyl (C=O) groups excluding carboxylic acids is 1. The molecule has 0 saturated carbocycles. The van der Waals surface area contributed by atoms with Crippen LogP contribution in [-0.4, -0.2) is 12.0 Å². The fraction of sp³-hybridized carbons (Fsp3) is 0.273. The Morgan fingerprint density at radius 3 is 2.71 bits per heavy atom. The predicted octanol–water partition coefficient (Wildman–Crippen LogP) is 1.28. The minimum atomic E-state index is -0.626. The number of hydrogen-bond acceptors (Lipinski definition) is 3. The molecule has 1 rings (SSSR count). The molecule has 75 valence electrons. The maximum absolute atomic E-state index is 11.2. The van der Waals surface area contributed by atoms with Crippen molar-refractivity contribution in [2.75, 3.05) is 0 Å². The summed E-state index contributed by atoms with van der Waals surface area (Å²) in [6.07, 6.45) is 1.60. The van der Waals surface area contributed by atoms with E-state index in [0.717, 1.165) is 5.56 Å². The van der Waals surface area contributed by atoms with Crippen molar-refractivity contribution in [3.63, 3.8) is 0 Å². The highest BCUT2D eigenvalue weighted by atomic mass is 16.5. The lowest BCUT2D eigenvalue weighted by atomic mass is 10.2. The van der Waals surface area contributed by atoms with Crippen molar-refractivity contribution < 1.29 is 9.53 Å². The van der Waals surface area contributed by atoms with E-state index in [9.17, 15) is 4.79 Å². The lowest BCUT2D eigenvalue weighted by Gasteiger charge is -2.08. The standard InChI is InChI=1S/C11H14NO2/c1-2-10(12)11(13)14-8-9-6-4-3-5-7-9/h2-7,10H,8,12H2,1H3/t10-/m1/s1. The van der Waals surface area contributed by atoms with Crippen LogP contribution in [0.15, 0.2) is 30.3 Å². The topological polar surface area (TPSA) is 52.3 Å². The van der Waals surface area contributed by atoms with Crippen LogP contribution in [0.25, 0.3) is 0 Å². The summed E-state index contributed by atoms with van der Waals surface area (Å²) in [5.74, 6) is -0.392. The van der Waals surface area contributed by atoms with Gasteiger partial charge < -0.3 is 10.5 Å². The second-order valence-electron chi connectivity index (χ2n) is 2.95. The zero-order chi connectivity index (χ0) is 10.4. The minimum absolute atomic E-state index is 0.279. The van der Waals surface area contributed by atoms with E-state index >= 15 is 0 Å². The number of hydrogen-bond donors (Lipinski definition) is 1. The van der Waals surface area contributed by atoms with E-state index < -0.39 is 12.0 Å². The van der Waals surface area contributed by atoms with Crippen LogP contribution in [0.1, 0.15) is 12.5 Å². The molecule has 14 heavy (non-hydrogen) atoms. The third-order valence-corrected chi connectivity index (χ3v) is 1.86. The third kappa shape index (κ3) is 3.18. The minimum Gasteiger partial charge on any atom is -0.460 e. The van der Waals surface area contributed by atoms with E-state index in [0.29, 0.717) is 0 Å². The number of rotatable bonds is 4. The number of benzene rings is 1. The highest BCUT2D eigenvalue weighted by Crippen LogP contribution is 2.01. The second-order valence-corrected chi connectivity index (χ2v) is 2.95. The number of esters is 1. The highest BCUT2D eigenvalue weighted by molar-refractivity contribution is 5.76. The van der Waals surface area contributed by atoms with Crippen LogP contribution >= 0.6 is 0 Å². The smallest absolute Gasteiger partial charge is 0.323 e. The molecule has 1 aromatic carbocycles. The molecular weight excluding hydrogens is 178 g/mol. The van der Waals surface area contributed by atoms with Crippen molar-refractivity contribution in [3.8, 4) is 0 Å². The summed E-state index contributed by atoms with van der Waals surface area (Å²) < 4.78 is 4.99. The number of carbonyl (C=O) groups is 1. The summed E-state index contributed by atoms with van der Waals surface area (Å²) in [6.45, 7) is 2.01. The lowest BCUT2D eigenvalue weighted by Crippen LogP contribution is -2.31. The van der Waals surface area contributed by atoms with Gasteiger partial charge >= 0.3 is 5.97 Å². The fourth-order valence-corrected chi connectivity index (χ4v) is 0.961. The largest absolute Gasteiger partial charge is 0.460 e. The molecule has 0 aromatic heterocycles. The van der Waals surface area contributed by atoms with Crippen molar-refractivity contribution in [1.29, 1.82) is 0 Å². The van der Waals surface area contributed by atoms with Crippen LogP contribution in [0, 0.1) is 6.42 Å². The first kappa shape index (κ1) is 10.7. The molecule has 0 saturated heterocycles. The SMILES string of the molecule is C[CH][C@@H](N)C(=O)OCc1ccccc1. The van der Waals surface area contributed by atoms with Crippen molar-refractivity contribution >= 4 is 5.97 Å². The molecule has 0 aliphatic carbocycles. The Morgan fingerprint density at radius 1 is 1.50 bits per heavy atom. The summed E-state index contributed by atoms with van der Waals surface area (Å²) in [6, 6.07) is 8.88. The number of ether oxygens (including phenoxy) is 1. The maximum Gasteiger partial charge on any atom is 0.323 e. The van der Waals surface area contributed by atoms with Crippen LogP contribution < -0.4 is 5.73 Å². The molecule has 1 atom stereocenters. The van der Waals surface area contributed by atoms with Gasteiger partial charge in [-0.3, -0.25) is 4.79 Å². The molecule has 1 aromatic rings. The first-order valence-electron chi connectivity index (χ1n) is 4.49. The van der Waals surface area contributed by atoms with Crippen LogP contribution in [0.3, 0.4) is 0 Å². The number of nitrogens with two attached hydrogens (primary N) is 1. The van der Waals surface area contributed by atoms with Gasteiger partial charge in [-0.05, 0) is 12.0 Å². The summed E-state index contributed by atoms with van der Waals surface area (Å²) in [4.78, 5) is 11.2. The molecule has 3 nitrogen and oxygen atoms in total. The van der Waals surface area contributed by atoms with Gasteiger partial charge in [0.2, 0.25) is 0 Å². The van der Waals surface area contributed by atoms with Crippen LogP contribution in [-0.2, 0) is 16.1 Å². The summed E-state index contributed by atoms with van der Waals surface area (Å²) in [5.41, 5.74) is 6.41. The van der Waals surface area contributed by atoms with Crippen molar-refractivity contribution in [1.82, 2.24) is 0 Å². The quantitative estimate of drug-likeness (QED) is 0.731. The Morgan fingerprint density at radius 2 is 2.14 bits per heavy atom. The van der Waals surface area contributed by atoms with Gasteiger partial charge in [0.1, 0.15) is 12.6 Å². The zero-order valence-corrected chi connectivity index (χ0v) is 8.14. The summed E-state index contributed by atoms with van der Waals surface area (Å²) in [7, 11) is 0. The molecule has 0 unspecified atom stereocenters. The first-order valence-corrected chi connectivity index (χ1v) is 4.49. The molecule has 0 amide bonds. The Bertz CT molecular complexity index is 285. The average Bonchev–Trinajstić information content (AvgIpc) is 2.26. The summed E-state index contributed by atoms with van der Waals surface area (Å²) in [5, 5.41) is 0. The Balaban J connectivity index is 2.38.